The number of rotatable bonds is 8. The van der Waals surface area contributed by atoms with Gasteiger partial charge in [-0.1, -0.05) is 29.3 Å². The van der Waals surface area contributed by atoms with Crippen molar-refractivity contribution in [3.8, 4) is 0 Å². The van der Waals surface area contributed by atoms with E-state index in [1.165, 1.54) is 6.20 Å². The molecule has 3 fully saturated rings. The Kier molecular flexibility index (Phi) is 9.33. The van der Waals surface area contributed by atoms with Crippen molar-refractivity contribution in [2.75, 3.05) is 42.9 Å². The van der Waals surface area contributed by atoms with Crippen molar-refractivity contribution in [2.24, 2.45) is 5.92 Å². The van der Waals surface area contributed by atoms with E-state index in [2.05, 4.69) is 35.9 Å². The van der Waals surface area contributed by atoms with Gasteiger partial charge in [0.15, 0.2) is 0 Å². The minimum absolute atomic E-state index is 0.0462. The molecule has 4 N–H and O–H groups in total. The molecule has 0 spiro atoms. The molecule has 4 aliphatic heterocycles. The average molecular weight is 722 g/mol. The Balaban J connectivity index is 0.893. The first-order valence-electron chi connectivity index (χ1n) is 16.5. The van der Waals surface area contributed by atoms with Crippen LogP contribution in [-0.2, 0) is 9.59 Å². The Bertz CT molecular complexity index is 1890. The second-order valence-corrected chi connectivity index (χ2v) is 13.9. The van der Waals surface area contributed by atoms with E-state index in [1.807, 2.05) is 6.07 Å². The first-order chi connectivity index (χ1) is 24.1. The van der Waals surface area contributed by atoms with Gasteiger partial charge in [-0.2, -0.15) is 5.10 Å². The van der Waals surface area contributed by atoms with Crippen LogP contribution < -0.4 is 20.9 Å². The van der Waals surface area contributed by atoms with E-state index in [0.717, 1.165) is 62.6 Å². The van der Waals surface area contributed by atoms with Gasteiger partial charge >= 0.3 is 0 Å². The molecule has 3 saturated heterocycles. The normalized spacial score (nSPS) is 21.4. The standard InChI is InChI=1S/C34H34Cl2N8O6/c35-23-2-1-3-24(36)28(23)31(47)39-25-15-37-41-29(25)32(48)38-19-9-11-42(12-10-19)16-18-8-13-43(17-18)20-4-5-21-22(14-20)34(50)44(33(21)49)26-6-7-27(45)40-30(26)46/h1-5,14-15,18-19,26H,6-13,16-17H2,(H,37,41)(H,38,48)(H,39,47)(H,40,45,46). The van der Waals surface area contributed by atoms with Crippen LogP contribution in [0.5, 0.6) is 0 Å². The fraction of sp³-hybridized carbons (Fsp3) is 0.382. The molecule has 6 amide bonds. The van der Waals surface area contributed by atoms with Crippen molar-refractivity contribution < 1.29 is 28.8 Å². The lowest BCUT2D eigenvalue weighted by molar-refractivity contribution is -0.136. The summed E-state index contributed by atoms with van der Waals surface area (Å²) in [7, 11) is 0. The summed E-state index contributed by atoms with van der Waals surface area (Å²) in [6.45, 7) is 4.11. The molecule has 2 atom stereocenters. The summed E-state index contributed by atoms with van der Waals surface area (Å²) < 4.78 is 0. The summed E-state index contributed by atoms with van der Waals surface area (Å²) in [5.74, 6) is -2.58. The maximum atomic E-state index is 13.3. The smallest absolute Gasteiger partial charge is 0.271 e. The van der Waals surface area contributed by atoms with E-state index in [-0.39, 0.29) is 62.9 Å². The number of likely N-dealkylation sites (tertiary alicyclic amines) is 1. The first kappa shape index (κ1) is 33.7. The molecule has 0 radical (unpaired) electrons. The molecular weight excluding hydrogens is 687 g/mol. The summed E-state index contributed by atoms with van der Waals surface area (Å²) in [5, 5.41) is 14.9. The molecular formula is C34H34Cl2N8O6. The van der Waals surface area contributed by atoms with Crippen molar-refractivity contribution in [1.82, 2.24) is 30.6 Å². The molecule has 0 bridgehead atoms. The molecule has 1 aromatic heterocycles. The zero-order chi connectivity index (χ0) is 35.1. The quantitative estimate of drug-likeness (QED) is 0.255. The van der Waals surface area contributed by atoms with Gasteiger partial charge in [0, 0.05) is 50.9 Å². The van der Waals surface area contributed by atoms with E-state index in [1.54, 1.807) is 30.3 Å². The number of halogens is 2. The summed E-state index contributed by atoms with van der Waals surface area (Å²) >= 11 is 12.3. The van der Waals surface area contributed by atoms with E-state index < -0.39 is 35.6 Å². The number of piperidine rings is 2. The number of H-pyrrole nitrogens is 1. The molecule has 4 aliphatic rings. The highest BCUT2D eigenvalue weighted by molar-refractivity contribution is 6.40. The molecule has 7 rings (SSSR count). The highest BCUT2D eigenvalue weighted by atomic mass is 35.5. The third-order valence-corrected chi connectivity index (χ3v) is 10.4. The number of hydrogen-bond acceptors (Lipinski definition) is 9. The summed E-state index contributed by atoms with van der Waals surface area (Å²) in [6, 6.07) is 8.95. The maximum absolute atomic E-state index is 13.3. The number of benzene rings is 2. The zero-order valence-electron chi connectivity index (χ0n) is 26.8. The number of fused-ring (bicyclic) bond motifs is 1. The van der Waals surface area contributed by atoms with Crippen LogP contribution in [0.25, 0.3) is 0 Å². The third-order valence-electron chi connectivity index (χ3n) is 9.82. The zero-order valence-corrected chi connectivity index (χ0v) is 28.4. The number of carbonyl (C=O) groups is 6. The molecule has 14 nitrogen and oxygen atoms in total. The van der Waals surface area contributed by atoms with Crippen LogP contribution in [0.1, 0.15) is 73.7 Å². The van der Waals surface area contributed by atoms with E-state index >= 15 is 0 Å². The van der Waals surface area contributed by atoms with Gasteiger partial charge in [-0.15, -0.1) is 0 Å². The lowest BCUT2D eigenvalue weighted by atomic mass is 10.0. The number of imide groups is 2. The number of nitrogens with zero attached hydrogens (tertiary/aromatic N) is 4. The maximum Gasteiger partial charge on any atom is 0.271 e. The third kappa shape index (κ3) is 6.57. The number of nitrogens with one attached hydrogen (secondary N) is 4. The van der Waals surface area contributed by atoms with Crippen molar-refractivity contribution >= 4 is 70.0 Å². The molecule has 50 heavy (non-hydrogen) atoms. The Labute approximate surface area is 296 Å². The van der Waals surface area contributed by atoms with Crippen molar-refractivity contribution in [3.63, 3.8) is 0 Å². The lowest BCUT2D eigenvalue weighted by Gasteiger charge is -2.33. The Morgan fingerprint density at radius 1 is 0.900 bits per heavy atom. The van der Waals surface area contributed by atoms with Crippen LogP contribution in [-0.4, -0.2) is 100 Å². The van der Waals surface area contributed by atoms with Crippen LogP contribution in [0.4, 0.5) is 11.4 Å². The largest absolute Gasteiger partial charge is 0.371 e. The minimum Gasteiger partial charge on any atom is -0.371 e. The van der Waals surface area contributed by atoms with Crippen LogP contribution in [0.3, 0.4) is 0 Å². The van der Waals surface area contributed by atoms with Gasteiger partial charge in [0.2, 0.25) is 11.8 Å². The summed E-state index contributed by atoms with van der Waals surface area (Å²) in [4.78, 5) is 81.9. The summed E-state index contributed by atoms with van der Waals surface area (Å²) in [6.07, 6.45) is 4.05. The lowest BCUT2D eigenvalue weighted by Crippen LogP contribution is -2.54. The number of aromatic nitrogens is 2. The Morgan fingerprint density at radius 3 is 2.38 bits per heavy atom. The van der Waals surface area contributed by atoms with Crippen LogP contribution in [0.2, 0.25) is 10.0 Å². The van der Waals surface area contributed by atoms with Crippen LogP contribution >= 0.6 is 23.2 Å². The molecule has 5 heterocycles. The molecule has 0 aliphatic carbocycles. The van der Waals surface area contributed by atoms with Gasteiger partial charge in [-0.05, 0) is 61.9 Å². The molecule has 16 heteroatoms. The average Bonchev–Trinajstić information content (AvgIpc) is 3.81. The Hall–Kier alpha value is -4.79. The Morgan fingerprint density at radius 2 is 1.64 bits per heavy atom. The highest BCUT2D eigenvalue weighted by Gasteiger charge is 2.45. The SMILES string of the molecule is O=C1CCC(N2C(=O)c3ccc(N4CCC(CN5CCC(NC(=O)c6[nH]ncc6NC(=O)c6c(Cl)cccc6Cl)CC5)C4)cc3C2=O)C(=O)N1. The van der Waals surface area contributed by atoms with E-state index in [0.29, 0.717) is 5.92 Å². The van der Waals surface area contributed by atoms with E-state index in [9.17, 15) is 28.8 Å². The predicted octanol–water partition coefficient (Wildman–Crippen LogP) is 3.09. The van der Waals surface area contributed by atoms with Gasteiger partial charge in [0.25, 0.3) is 23.6 Å². The molecule has 2 unspecified atom stereocenters. The summed E-state index contributed by atoms with van der Waals surface area (Å²) in [5.41, 5.74) is 1.86. The molecule has 2 aromatic carbocycles. The van der Waals surface area contributed by atoms with Crippen molar-refractivity contribution in [3.05, 3.63) is 75.0 Å². The second-order valence-electron chi connectivity index (χ2n) is 13.0. The van der Waals surface area contributed by atoms with Gasteiger partial charge in [-0.3, -0.25) is 44.1 Å². The molecule has 3 aromatic rings. The van der Waals surface area contributed by atoms with Gasteiger partial charge in [-0.25, -0.2) is 0 Å². The number of aromatic amines is 1. The minimum atomic E-state index is -0.993. The second kappa shape index (κ2) is 13.8. The topological polar surface area (TPSA) is 177 Å². The van der Waals surface area contributed by atoms with Gasteiger partial charge < -0.3 is 20.4 Å². The van der Waals surface area contributed by atoms with Crippen molar-refractivity contribution in [2.45, 2.75) is 44.2 Å². The first-order valence-corrected chi connectivity index (χ1v) is 17.3. The monoisotopic (exact) mass is 720 g/mol. The number of anilines is 2. The highest BCUT2D eigenvalue weighted by Crippen LogP contribution is 2.33. The number of amides is 6. The van der Waals surface area contributed by atoms with Crippen LogP contribution in [0, 0.1) is 5.92 Å². The van der Waals surface area contributed by atoms with Crippen LogP contribution in [0.15, 0.2) is 42.6 Å². The van der Waals surface area contributed by atoms with Crippen molar-refractivity contribution in [1.29, 1.82) is 0 Å². The molecule has 260 valence electrons. The fourth-order valence-electron chi connectivity index (χ4n) is 7.21. The van der Waals surface area contributed by atoms with Gasteiger partial charge in [0.1, 0.15) is 11.7 Å². The van der Waals surface area contributed by atoms with E-state index in [4.69, 9.17) is 23.2 Å². The predicted molar refractivity (Wildman–Crippen MR) is 183 cm³/mol. The fourth-order valence-corrected chi connectivity index (χ4v) is 7.78. The molecule has 0 saturated carbocycles. The number of hydrogen-bond donors (Lipinski definition) is 4. The van der Waals surface area contributed by atoms with Gasteiger partial charge in [0.05, 0.1) is 38.6 Å². The number of carbonyl (C=O) groups excluding carboxylic acids is 6.